The van der Waals surface area contributed by atoms with E-state index in [0.717, 1.165) is 12.1 Å². The number of likely N-dealkylation sites (N-methyl/N-ethyl adjacent to an activating group) is 1. The molecule has 114 valence electrons. The van der Waals surface area contributed by atoms with E-state index >= 15 is 0 Å². The Balaban J connectivity index is 2.13. The van der Waals surface area contributed by atoms with Crippen LogP contribution < -0.4 is 10.6 Å². The van der Waals surface area contributed by atoms with Gasteiger partial charge in [0.15, 0.2) is 0 Å². The lowest BCUT2D eigenvalue weighted by Gasteiger charge is -2.36. The molecule has 1 aliphatic heterocycles. The van der Waals surface area contributed by atoms with Crippen LogP contribution in [0.4, 0.5) is 0 Å². The first-order valence-corrected chi connectivity index (χ1v) is 7.49. The van der Waals surface area contributed by atoms with Crippen LogP contribution in [0.5, 0.6) is 0 Å². The molecule has 0 aromatic heterocycles. The van der Waals surface area contributed by atoms with E-state index in [1.165, 1.54) is 0 Å². The second kappa shape index (κ2) is 7.22. The summed E-state index contributed by atoms with van der Waals surface area (Å²) in [6.45, 7) is 6.16. The maximum absolute atomic E-state index is 12.7. The van der Waals surface area contributed by atoms with E-state index in [0.29, 0.717) is 19.6 Å². The quantitative estimate of drug-likeness (QED) is 0.859. The van der Waals surface area contributed by atoms with E-state index in [1.807, 2.05) is 44.2 Å². The van der Waals surface area contributed by atoms with E-state index in [4.69, 9.17) is 0 Å². The van der Waals surface area contributed by atoms with Gasteiger partial charge in [-0.25, -0.2) is 0 Å². The number of carbonyl (C=O) groups is 2. The van der Waals surface area contributed by atoms with Crippen molar-refractivity contribution in [1.82, 2.24) is 15.5 Å². The smallest absolute Gasteiger partial charge is 0.244 e. The summed E-state index contributed by atoms with van der Waals surface area (Å²) in [6, 6.07) is 9.27. The molecular formula is C16H23N3O2. The molecule has 5 heteroatoms. The summed E-state index contributed by atoms with van der Waals surface area (Å²) < 4.78 is 0. The van der Waals surface area contributed by atoms with Crippen LogP contribution in [0, 0.1) is 0 Å². The van der Waals surface area contributed by atoms with Crippen molar-refractivity contribution in [3.8, 4) is 0 Å². The average Bonchev–Trinajstić information content (AvgIpc) is 2.54. The molecule has 1 aromatic carbocycles. The first-order chi connectivity index (χ1) is 10.1. The average molecular weight is 289 g/mol. The minimum Gasteiger partial charge on any atom is -0.355 e. The van der Waals surface area contributed by atoms with Crippen molar-refractivity contribution in [3.05, 3.63) is 35.9 Å². The number of carbonyl (C=O) groups excluding carboxylic acids is 2. The molecule has 0 bridgehead atoms. The third-order valence-corrected chi connectivity index (χ3v) is 3.85. The van der Waals surface area contributed by atoms with Gasteiger partial charge in [-0.15, -0.1) is 0 Å². The summed E-state index contributed by atoms with van der Waals surface area (Å²) in [4.78, 5) is 26.6. The van der Waals surface area contributed by atoms with Gasteiger partial charge in [0.1, 0.15) is 6.04 Å². The van der Waals surface area contributed by atoms with Gasteiger partial charge in [0.25, 0.3) is 0 Å². The highest BCUT2D eigenvalue weighted by atomic mass is 16.2. The zero-order valence-corrected chi connectivity index (χ0v) is 12.6. The van der Waals surface area contributed by atoms with Gasteiger partial charge < -0.3 is 15.5 Å². The first-order valence-electron chi connectivity index (χ1n) is 7.49. The van der Waals surface area contributed by atoms with Gasteiger partial charge in [0.05, 0.1) is 5.92 Å². The SMILES string of the molecule is CCNC(=O)C1CNCCN1C(=O)C(C)c1ccccc1. The molecule has 1 fully saturated rings. The topological polar surface area (TPSA) is 61.4 Å². The molecule has 2 unspecified atom stereocenters. The highest BCUT2D eigenvalue weighted by molar-refractivity contribution is 5.90. The van der Waals surface area contributed by atoms with E-state index < -0.39 is 6.04 Å². The number of nitrogens with one attached hydrogen (secondary N) is 2. The zero-order valence-electron chi connectivity index (χ0n) is 12.6. The van der Waals surface area contributed by atoms with Crippen molar-refractivity contribution in [3.63, 3.8) is 0 Å². The van der Waals surface area contributed by atoms with Crippen LogP contribution in [0.25, 0.3) is 0 Å². The summed E-state index contributed by atoms with van der Waals surface area (Å²) >= 11 is 0. The van der Waals surface area contributed by atoms with E-state index in [9.17, 15) is 9.59 Å². The highest BCUT2D eigenvalue weighted by Crippen LogP contribution is 2.19. The van der Waals surface area contributed by atoms with Crippen molar-refractivity contribution < 1.29 is 9.59 Å². The Morgan fingerprint density at radius 2 is 2.10 bits per heavy atom. The van der Waals surface area contributed by atoms with Crippen LogP contribution in [0.3, 0.4) is 0 Å². The van der Waals surface area contributed by atoms with Crippen LogP contribution >= 0.6 is 0 Å². The summed E-state index contributed by atoms with van der Waals surface area (Å²) in [5.74, 6) is -0.307. The molecule has 2 atom stereocenters. The Labute approximate surface area is 125 Å². The number of benzene rings is 1. The second-order valence-electron chi connectivity index (χ2n) is 5.28. The molecule has 0 spiro atoms. The van der Waals surface area contributed by atoms with Crippen molar-refractivity contribution in [2.45, 2.75) is 25.8 Å². The van der Waals surface area contributed by atoms with Gasteiger partial charge in [-0.05, 0) is 19.4 Å². The number of rotatable bonds is 4. The van der Waals surface area contributed by atoms with Crippen LogP contribution in [0.15, 0.2) is 30.3 Å². The Morgan fingerprint density at radius 1 is 1.38 bits per heavy atom. The van der Waals surface area contributed by atoms with E-state index in [1.54, 1.807) is 4.90 Å². The number of hydrogen-bond donors (Lipinski definition) is 2. The fourth-order valence-corrected chi connectivity index (χ4v) is 2.63. The summed E-state index contributed by atoms with van der Waals surface area (Å²) in [7, 11) is 0. The Morgan fingerprint density at radius 3 is 2.76 bits per heavy atom. The Kier molecular flexibility index (Phi) is 5.33. The molecule has 21 heavy (non-hydrogen) atoms. The maximum Gasteiger partial charge on any atom is 0.244 e. The number of amides is 2. The lowest BCUT2D eigenvalue weighted by Crippen LogP contribution is -2.60. The number of hydrogen-bond acceptors (Lipinski definition) is 3. The standard InChI is InChI=1S/C16H23N3O2/c1-3-18-15(20)14-11-17-9-10-19(14)16(21)12(2)13-7-5-4-6-8-13/h4-8,12,14,17H,3,9-11H2,1-2H3,(H,18,20). The molecule has 2 N–H and O–H groups in total. The van der Waals surface area contributed by atoms with E-state index in [2.05, 4.69) is 10.6 Å². The Hall–Kier alpha value is -1.88. The summed E-state index contributed by atoms with van der Waals surface area (Å²) in [5, 5.41) is 5.99. The van der Waals surface area contributed by atoms with Crippen molar-refractivity contribution in [1.29, 1.82) is 0 Å². The van der Waals surface area contributed by atoms with Crippen LogP contribution in [-0.2, 0) is 9.59 Å². The van der Waals surface area contributed by atoms with Gasteiger partial charge in [0.2, 0.25) is 11.8 Å². The van der Waals surface area contributed by atoms with Gasteiger partial charge in [-0.1, -0.05) is 30.3 Å². The van der Waals surface area contributed by atoms with Crippen LogP contribution in [0.2, 0.25) is 0 Å². The molecule has 0 radical (unpaired) electrons. The Bertz CT molecular complexity index is 490. The lowest BCUT2D eigenvalue weighted by molar-refractivity contribution is -0.142. The zero-order chi connectivity index (χ0) is 15.2. The van der Waals surface area contributed by atoms with E-state index in [-0.39, 0.29) is 17.7 Å². The lowest BCUT2D eigenvalue weighted by atomic mass is 9.98. The normalized spacial score (nSPS) is 19.9. The molecule has 1 aromatic rings. The maximum atomic E-state index is 12.7. The molecule has 0 aliphatic carbocycles. The third kappa shape index (κ3) is 3.61. The highest BCUT2D eigenvalue weighted by Gasteiger charge is 2.34. The summed E-state index contributed by atoms with van der Waals surface area (Å²) in [6.07, 6.45) is 0. The van der Waals surface area contributed by atoms with Crippen molar-refractivity contribution in [2.75, 3.05) is 26.2 Å². The molecule has 2 rings (SSSR count). The number of nitrogens with zero attached hydrogens (tertiary/aromatic N) is 1. The molecule has 1 saturated heterocycles. The minimum atomic E-state index is -0.419. The summed E-state index contributed by atoms with van der Waals surface area (Å²) in [5.41, 5.74) is 0.982. The van der Waals surface area contributed by atoms with Crippen LogP contribution in [-0.4, -0.2) is 48.9 Å². The molecule has 0 saturated carbocycles. The predicted octanol–water partition coefficient (Wildman–Crippen LogP) is 0.727. The fraction of sp³-hybridized carbons (Fsp3) is 0.500. The molecular weight excluding hydrogens is 266 g/mol. The molecule has 1 heterocycles. The van der Waals surface area contributed by atoms with Crippen LogP contribution in [0.1, 0.15) is 25.3 Å². The second-order valence-corrected chi connectivity index (χ2v) is 5.28. The van der Waals surface area contributed by atoms with Gasteiger partial charge in [0, 0.05) is 26.2 Å². The first kappa shape index (κ1) is 15.5. The van der Waals surface area contributed by atoms with Gasteiger partial charge >= 0.3 is 0 Å². The monoisotopic (exact) mass is 289 g/mol. The number of piperazine rings is 1. The molecule has 2 amide bonds. The molecule has 5 nitrogen and oxygen atoms in total. The van der Waals surface area contributed by atoms with Gasteiger partial charge in [-0.2, -0.15) is 0 Å². The van der Waals surface area contributed by atoms with Crippen molar-refractivity contribution in [2.24, 2.45) is 0 Å². The van der Waals surface area contributed by atoms with Crippen molar-refractivity contribution >= 4 is 11.8 Å². The predicted molar refractivity (Wildman–Crippen MR) is 81.9 cm³/mol. The largest absolute Gasteiger partial charge is 0.355 e. The van der Waals surface area contributed by atoms with Gasteiger partial charge in [-0.3, -0.25) is 9.59 Å². The minimum absolute atomic E-state index is 0.0129. The fourth-order valence-electron chi connectivity index (χ4n) is 2.63. The molecule has 1 aliphatic rings. The third-order valence-electron chi connectivity index (χ3n) is 3.85.